The summed E-state index contributed by atoms with van der Waals surface area (Å²) in [6.45, 7) is 29.9. The molecular weight excluding hydrogens is 278 g/mol. The average Bonchev–Trinajstić information content (AvgIpc) is 2.56. The van der Waals surface area contributed by atoms with Crippen molar-refractivity contribution in [2.75, 3.05) is 19.6 Å². The van der Waals surface area contributed by atoms with Crippen LogP contribution in [0.2, 0.25) is 0 Å². The van der Waals surface area contributed by atoms with E-state index in [9.17, 15) is 0 Å². The third-order valence-corrected chi connectivity index (χ3v) is 8.89. The van der Waals surface area contributed by atoms with Crippen molar-refractivity contribution in [1.82, 2.24) is 0 Å². The lowest BCUT2D eigenvalue weighted by Gasteiger charge is -2.61. The van der Waals surface area contributed by atoms with Gasteiger partial charge in [0.2, 0.25) is 0 Å². The zero-order valence-corrected chi connectivity index (χ0v) is 17.7. The lowest BCUT2D eigenvalue weighted by molar-refractivity contribution is -0.983. The number of quaternary nitrogens is 1. The van der Waals surface area contributed by atoms with Crippen molar-refractivity contribution in [2.24, 2.45) is 16.2 Å². The van der Waals surface area contributed by atoms with Crippen molar-refractivity contribution in [3.05, 3.63) is 12.7 Å². The van der Waals surface area contributed by atoms with Gasteiger partial charge >= 0.3 is 0 Å². The molecule has 1 atom stereocenters. The second kappa shape index (κ2) is 6.54. The molecule has 0 aromatic carbocycles. The van der Waals surface area contributed by atoms with Crippen molar-refractivity contribution >= 4 is 0 Å². The quantitative estimate of drug-likeness (QED) is 0.385. The van der Waals surface area contributed by atoms with Crippen molar-refractivity contribution in [1.29, 1.82) is 0 Å². The summed E-state index contributed by atoms with van der Waals surface area (Å²) in [5, 5.41) is 0. The van der Waals surface area contributed by atoms with Crippen LogP contribution in [0.25, 0.3) is 0 Å². The predicted octanol–water partition coefficient (Wildman–Crippen LogP) is 6.44. The highest BCUT2D eigenvalue weighted by Gasteiger charge is 2.65. The second-order valence-electron chi connectivity index (χ2n) is 9.56. The minimum atomic E-state index is 0.215. The highest BCUT2D eigenvalue weighted by atomic mass is 15.4. The van der Waals surface area contributed by atoms with Crippen LogP contribution < -0.4 is 0 Å². The number of nitrogens with zero attached hydrogens (tertiary/aromatic N) is 1. The molecule has 0 aromatic rings. The van der Waals surface area contributed by atoms with Crippen LogP contribution in [0.1, 0.15) is 88.0 Å². The van der Waals surface area contributed by atoms with E-state index in [2.05, 4.69) is 61.1 Å². The topological polar surface area (TPSA) is 0 Å². The fraction of sp³-hybridized carbons (Fsp3) is 0.909. The molecule has 2 rings (SSSR count). The van der Waals surface area contributed by atoms with Crippen molar-refractivity contribution in [3.63, 3.8) is 0 Å². The minimum Gasteiger partial charge on any atom is -0.319 e. The molecule has 0 saturated carbocycles. The van der Waals surface area contributed by atoms with Gasteiger partial charge in [-0.05, 0) is 43.9 Å². The summed E-state index contributed by atoms with van der Waals surface area (Å²) in [6, 6.07) is 0. The number of piperidine rings is 1. The van der Waals surface area contributed by atoms with E-state index < -0.39 is 0 Å². The molecule has 0 amide bonds. The number of rotatable bonds is 1. The largest absolute Gasteiger partial charge is 0.319 e. The van der Waals surface area contributed by atoms with Crippen LogP contribution in [0, 0.1) is 16.2 Å². The molecule has 23 heavy (non-hydrogen) atoms. The van der Waals surface area contributed by atoms with E-state index in [-0.39, 0.29) is 16.2 Å². The zero-order valence-electron chi connectivity index (χ0n) is 17.7. The molecule has 136 valence electrons. The molecule has 2 fully saturated rings. The van der Waals surface area contributed by atoms with Crippen LogP contribution in [-0.4, -0.2) is 29.7 Å². The Bertz CT molecular complexity index is 410. The standard InChI is InChI=1S/C20H38N.C2H6/c1-9-20(8)13-16-21(14-11-10-12-15-21)19(6,7)17(2,3)18(20,4)5;1-2/h9H,1,10-16H2,2-8H3;1-2H3/q+1;. The molecular formula is C22H44N+. The second-order valence-corrected chi connectivity index (χ2v) is 9.56. The number of allylic oxidation sites excluding steroid dienone is 1. The van der Waals surface area contributed by atoms with Gasteiger partial charge in [-0.25, -0.2) is 0 Å². The Labute approximate surface area is 147 Å². The molecule has 0 aromatic heterocycles. The normalized spacial score (nSPS) is 34.0. The lowest BCUT2D eigenvalue weighted by Crippen LogP contribution is -2.70. The highest BCUT2D eigenvalue weighted by Crippen LogP contribution is 2.63. The molecule has 1 heteroatoms. The van der Waals surface area contributed by atoms with Crippen molar-refractivity contribution in [2.45, 2.75) is 93.5 Å². The monoisotopic (exact) mass is 322 g/mol. The van der Waals surface area contributed by atoms with Crippen LogP contribution in [0.4, 0.5) is 0 Å². The molecule has 0 radical (unpaired) electrons. The molecule has 2 saturated heterocycles. The van der Waals surface area contributed by atoms with Crippen LogP contribution in [0.3, 0.4) is 0 Å². The van der Waals surface area contributed by atoms with Gasteiger partial charge in [0.1, 0.15) is 0 Å². The summed E-state index contributed by atoms with van der Waals surface area (Å²) in [7, 11) is 0. The molecule has 2 aliphatic rings. The first-order valence-electron chi connectivity index (χ1n) is 9.97. The average molecular weight is 323 g/mol. The Morgan fingerprint density at radius 3 is 1.65 bits per heavy atom. The van der Waals surface area contributed by atoms with Gasteiger partial charge in [0.15, 0.2) is 0 Å². The van der Waals surface area contributed by atoms with Gasteiger partial charge < -0.3 is 4.48 Å². The minimum absolute atomic E-state index is 0.215. The molecule has 0 aliphatic carbocycles. The summed E-state index contributed by atoms with van der Waals surface area (Å²) in [6.07, 6.45) is 7.78. The molecule has 1 nitrogen and oxygen atoms in total. The predicted molar refractivity (Wildman–Crippen MR) is 105 cm³/mol. The maximum Gasteiger partial charge on any atom is 0.0992 e. The molecule has 2 aliphatic heterocycles. The Kier molecular flexibility index (Phi) is 5.90. The van der Waals surface area contributed by atoms with Gasteiger partial charge in [0.05, 0.1) is 25.2 Å². The zero-order chi connectivity index (χ0) is 18.2. The third kappa shape index (κ3) is 2.71. The van der Waals surface area contributed by atoms with Crippen LogP contribution in [-0.2, 0) is 0 Å². The molecule has 2 heterocycles. The van der Waals surface area contributed by atoms with Crippen LogP contribution in [0.5, 0.6) is 0 Å². The first-order chi connectivity index (χ1) is 10.5. The van der Waals surface area contributed by atoms with E-state index in [4.69, 9.17) is 0 Å². The summed E-state index contributed by atoms with van der Waals surface area (Å²) >= 11 is 0. The lowest BCUT2D eigenvalue weighted by atomic mass is 9.49. The Balaban J connectivity index is 0.00000127. The van der Waals surface area contributed by atoms with Gasteiger partial charge in [0, 0.05) is 11.8 Å². The van der Waals surface area contributed by atoms with E-state index in [1.54, 1.807) is 0 Å². The van der Waals surface area contributed by atoms with Gasteiger partial charge in [-0.2, -0.15) is 0 Å². The SMILES string of the molecule is C=CC1(C)CC[N+]2(CCCCC2)C(C)(C)C(C)(C)C1(C)C.CC. The van der Waals surface area contributed by atoms with Gasteiger partial charge in [0.25, 0.3) is 0 Å². The summed E-state index contributed by atoms with van der Waals surface area (Å²) in [5.74, 6) is 0. The fourth-order valence-corrected chi connectivity index (χ4v) is 5.37. The summed E-state index contributed by atoms with van der Waals surface area (Å²) in [5.41, 5.74) is 1.02. The van der Waals surface area contributed by atoms with Gasteiger partial charge in [-0.1, -0.05) is 54.5 Å². The first-order valence-corrected chi connectivity index (χ1v) is 9.97. The summed E-state index contributed by atoms with van der Waals surface area (Å²) < 4.78 is 1.33. The third-order valence-electron chi connectivity index (χ3n) is 8.89. The molecule has 0 bridgehead atoms. The smallest absolute Gasteiger partial charge is 0.0992 e. The van der Waals surface area contributed by atoms with E-state index in [0.29, 0.717) is 5.54 Å². The van der Waals surface area contributed by atoms with Crippen molar-refractivity contribution in [3.8, 4) is 0 Å². The molecule has 1 spiro atoms. The van der Waals surface area contributed by atoms with Crippen LogP contribution >= 0.6 is 0 Å². The summed E-state index contributed by atoms with van der Waals surface area (Å²) in [4.78, 5) is 0. The van der Waals surface area contributed by atoms with E-state index in [0.717, 1.165) is 0 Å². The Morgan fingerprint density at radius 2 is 1.22 bits per heavy atom. The Hall–Kier alpha value is -0.300. The van der Waals surface area contributed by atoms with Gasteiger partial charge in [-0.15, -0.1) is 6.58 Å². The van der Waals surface area contributed by atoms with E-state index in [1.165, 1.54) is 49.8 Å². The van der Waals surface area contributed by atoms with Gasteiger partial charge in [-0.3, -0.25) is 0 Å². The molecule has 1 unspecified atom stereocenters. The van der Waals surface area contributed by atoms with Crippen LogP contribution in [0.15, 0.2) is 12.7 Å². The highest BCUT2D eigenvalue weighted by molar-refractivity contribution is 5.12. The maximum absolute atomic E-state index is 4.23. The van der Waals surface area contributed by atoms with E-state index >= 15 is 0 Å². The molecule has 0 N–H and O–H groups in total. The number of hydrogen-bond donors (Lipinski definition) is 0. The maximum atomic E-state index is 4.23. The Morgan fingerprint density at radius 1 is 0.739 bits per heavy atom. The van der Waals surface area contributed by atoms with E-state index in [1.807, 2.05) is 13.8 Å². The fourth-order valence-electron chi connectivity index (χ4n) is 5.37. The first kappa shape index (κ1) is 20.7. The number of hydrogen-bond acceptors (Lipinski definition) is 0. The van der Waals surface area contributed by atoms with Crippen molar-refractivity contribution < 1.29 is 4.48 Å².